The fourth-order valence-electron chi connectivity index (χ4n) is 5.47. The number of nitrogens with zero attached hydrogens (tertiary/aromatic N) is 3. The molecule has 0 aromatic carbocycles. The van der Waals surface area contributed by atoms with Crippen LogP contribution >= 0.6 is 0 Å². The number of carbonyl (C=O) groups is 9. The second-order valence-corrected chi connectivity index (χ2v) is 15.5. The number of hydrogen-bond donors (Lipinski definition) is 3. The summed E-state index contributed by atoms with van der Waals surface area (Å²) in [6.45, 7) is 15.7. The molecule has 268 valence electrons. The van der Waals surface area contributed by atoms with Crippen molar-refractivity contribution in [2.45, 2.75) is 119 Å². The Labute approximate surface area is 281 Å². The number of carboxylic acid groups (broad SMARTS) is 1. The van der Waals surface area contributed by atoms with E-state index in [1.54, 1.807) is 62.3 Å². The molecule has 5 amide bonds. The lowest BCUT2D eigenvalue weighted by Gasteiger charge is -2.28. The molecule has 1 unspecified atom stereocenters. The van der Waals surface area contributed by atoms with Crippen molar-refractivity contribution in [2.75, 3.05) is 19.6 Å². The highest BCUT2D eigenvalue weighted by Gasteiger charge is 2.43. The predicted molar refractivity (Wildman–Crippen MR) is 172 cm³/mol. The lowest BCUT2D eigenvalue weighted by molar-refractivity contribution is -0.154. The molecule has 48 heavy (non-hydrogen) atoms. The standard InChI is InChI=1S/C22H34N4O6.C11H17NO4/c1-21(2,3)15(27)19(31)25-11-7-9-13(25)17(29)23-24-18(30)14-10-8-12-26(14)20(32)16(28)22(4,5)6;1-11(2,3)8(13)9(14)12-6-4-5-7(12)10(15)16/h13-14H,7-12H2,1-6H3,(H,23,29)(H,24,30);7H,4-6H2,1-3H3,(H,15,16)/t13-,14?;7-/m00/s1. The quantitative estimate of drug-likeness (QED) is 0.269. The fourth-order valence-corrected chi connectivity index (χ4v) is 5.47. The highest BCUT2D eigenvalue weighted by molar-refractivity contribution is 6.39. The summed E-state index contributed by atoms with van der Waals surface area (Å²) in [4.78, 5) is 113. The molecule has 3 aliphatic rings. The molecule has 0 radical (unpaired) electrons. The van der Waals surface area contributed by atoms with Gasteiger partial charge in [0.15, 0.2) is 0 Å². The van der Waals surface area contributed by atoms with Crippen molar-refractivity contribution in [3.63, 3.8) is 0 Å². The molecule has 3 atom stereocenters. The van der Waals surface area contributed by atoms with Crippen LogP contribution in [0.4, 0.5) is 0 Å². The van der Waals surface area contributed by atoms with E-state index in [1.165, 1.54) is 14.7 Å². The molecule has 3 rings (SSSR count). The van der Waals surface area contributed by atoms with Crippen LogP contribution in [0.2, 0.25) is 0 Å². The lowest BCUT2D eigenvalue weighted by atomic mass is 9.90. The average molecular weight is 678 g/mol. The number of carboxylic acids is 1. The van der Waals surface area contributed by atoms with Gasteiger partial charge in [0, 0.05) is 35.9 Å². The monoisotopic (exact) mass is 677 g/mol. The van der Waals surface area contributed by atoms with Crippen LogP contribution in [0, 0.1) is 16.2 Å². The van der Waals surface area contributed by atoms with Crippen molar-refractivity contribution >= 4 is 52.9 Å². The maximum absolute atomic E-state index is 12.6. The molecule has 0 aromatic heterocycles. The molecule has 15 nitrogen and oxygen atoms in total. The Balaban J connectivity index is 0.000000419. The van der Waals surface area contributed by atoms with Crippen LogP contribution in [0.5, 0.6) is 0 Å². The van der Waals surface area contributed by atoms with E-state index in [-0.39, 0.29) is 13.1 Å². The smallest absolute Gasteiger partial charge is 0.326 e. The first kappa shape index (κ1) is 40.0. The van der Waals surface area contributed by atoms with E-state index in [2.05, 4.69) is 10.9 Å². The number of hydrogen-bond acceptors (Lipinski definition) is 9. The van der Waals surface area contributed by atoms with Gasteiger partial charge in [-0.1, -0.05) is 62.3 Å². The summed E-state index contributed by atoms with van der Waals surface area (Å²) in [6, 6.07) is -2.56. The van der Waals surface area contributed by atoms with E-state index in [0.717, 1.165) is 0 Å². The van der Waals surface area contributed by atoms with Crippen LogP contribution < -0.4 is 10.9 Å². The Hall–Kier alpha value is -4.17. The molecule has 0 aromatic rings. The van der Waals surface area contributed by atoms with E-state index in [9.17, 15) is 43.2 Å². The molecular formula is C33H51N5O10. The van der Waals surface area contributed by atoms with Crippen molar-refractivity contribution in [1.82, 2.24) is 25.6 Å². The second-order valence-electron chi connectivity index (χ2n) is 15.5. The number of aliphatic carboxylic acids is 1. The largest absolute Gasteiger partial charge is 0.480 e. The zero-order valence-electron chi connectivity index (χ0n) is 29.6. The predicted octanol–water partition coefficient (Wildman–Crippen LogP) is 1.02. The first-order chi connectivity index (χ1) is 21.9. The van der Waals surface area contributed by atoms with E-state index >= 15 is 0 Å². The van der Waals surface area contributed by atoms with E-state index in [1.807, 2.05) is 0 Å². The van der Waals surface area contributed by atoms with Crippen molar-refractivity contribution in [3.8, 4) is 0 Å². The fraction of sp³-hybridized carbons (Fsp3) is 0.727. The Morgan fingerprint density at radius 1 is 0.479 bits per heavy atom. The maximum atomic E-state index is 12.6. The zero-order valence-corrected chi connectivity index (χ0v) is 29.6. The molecule has 0 aliphatic carbocycles. The average Bonchev–Trinajstić information content (AvgIpc) is 3.77. The second kappa shape index (κ2) is 15.4. The Morgan fingerprint density at radius 2 is 0.729 bits per heavy atom. The van der Waals surface area contributed by atoms with Gasteiger partial charge in [-0.25, -0.2) is 4.79 Å². The first-order valence-electron chi connectivity index (χ1n) is 16.3. The van der Waals surface area contributed by atoms with Crippen molar-refractivity contribution in [3.05, 3.63) is 0 Å². The van der Waals surface area contributed by atoms with Gasteiger partial charge in [-0.15, -0.1) is 0 Å². The number of ketones is 3. The number of Topliss-reactive ketones (excluding diaryl/α,β-unsaturated/α-hetero) is 3. The van der Waals surface area contributed by atoms with Crippen molar-refractivity contribution < 1.29 is 48.3 Å². The Kier molecular flexibility index (Phi) is 12.8. The molecule has 0 spiro atoms. The third kappa shape index (κ3) is 9.69. The van der Waals surface area contributed by atoms with Crippen molar-refractivity contribution in [2.24, 2.45) is 16.2 Å². The molecule has 3 fully saturated rings. The van der Waals surface area contributed by atoms with Crippen molar-refractivity contribution in [1.29, 1.82) is 0 Å². The highest BCUT2D eigenvalue weighted by atomic mass is 16.4. The summed E-state index contributed by atoms with van der Waals surface area (Å²) in [7, 11) is 0. The lowest BCUT2D eigenvalue weighted by Crippen LogP contribution is -2.57. The number of hydrazine groups is 1. The molecule has 3 heterocycles. The van der Waals surface area contributed by atoms with Gasteiger partial charge >= 0.3 is 5.97 Å². The van der Waals surface area contributed by atoms with Crippen LogP contribution in [0.25, 0.3) is 0 Å². The third-order valence-electron chi connectivity index (χ3n) is 8.37. The number of amides is 5. The van der Waals surface area contributed by atoms with Gasteiger partial charge in [0.2, 0.25) is 17.3 Å². The summed E-state index contributed by atoms with van der Waals surface area (Å²) in [5.74, 6) is -6.02. The maximum Gasteiger partial charge on any atom is 0.326 e. The van der Waals surface area contributed by atoms with E-state index < -0.39 is 87.2 Å². The van der Waals surface area contributed by atoms with Gasteiger partial charge in [-0.05, 0) is 38.5 Å². The van der Waals surface area contributed by atoms with Crippen LogP contribution in [0.3, 0.4) is 0 Å². The minimum Gasteiger partial charge on any atom is -0.480 e. The Morgan fingerprint density at radius 3 is 0.979 bits per heavy atom. The number of carbonyl (C=O) groups excluding carboxylic acids is 8. The van der Waals surface area contributed by atoms with Gasteiger partial charge in [0.1, 0.15) is 18.1 Å². The number of likely N-dealkylation sites (tertiary alicyclic amines) is 3. The van der Waals surface area contributed by atoms with Crippen LogP contribution in [-0.2, 0) is 43.2 Å². The first-order valence-corrected chi connectivity index (χ1v) is 16.3. The van der Waals surface area contributed by atoms with Crippen LogP contribution in [0.15, 0.2) is 0 Å². The molecule has 0 bridgehead atoms. The van der Waals surface area contributed by atoms with Gasteiger partial charge in [-0.2, -0.15) is 0 Å². The topological polar surface area (TPSA) is 208 Å². The zero-order chi connectivity index (χ0) is 36.9. The van der Waals surface area contributed by atoms with Gasteiger partial charge in [-0.3, -0.25) is 49.2 Å². The summed E-state index contributed by atoms with van der Waals surface area (Å²) in [5.41, 5.74) is 2.14. The molecule has 3 aliphatic heterocycles. The van der Waals surface area contributed by atoms with Crippen LogP contribution in [-0.4, -0.2) is 110 Å². The Bertz CT molecular complexity index is 1270. The third-order valence-corrected chi connectivity index (χ3v) is 8.37. The molecule has 0 saturated carbocycles. The molecular weight excluding hydrogens is 626 g/mol. The SMILES string of the molecule is CC(C)(C)C(=O)C(=O)N1CCCC1C(=O)NNC(=O)[C@@H]1CCCN1C(=O)C(=O)C(C)(C)C.CC(C)(C)C(=O)C(=O)N1CCC[C@H]1C(=O)O. The molecule has 3 saturated heterocycles. The molecule has 3 N–H and O–H groups in total. The summed E-state index contributed by atoms with van der Waals surface area (Å²) >= 11 is 0. The van der Waals surface area contributed by atoms with E-state index in [0.29, 0.717) is 45.1 Å². The number of nitrogens with one attached hydrogen (secondary N) is 2. The summed E-state index contributed by atoms with van der Waals surface area (Å²) in [6.07, 6.45) is 2.95. The summed E-state index contributed by atoms with van der Waals surface area (Å²) < 4.78 is 0. The highest BCUT2D eigenvalue weighted by Crippen LogP contribution is 2.25. The van der Waals surface area contributed by atoms with Gasteiger partial charge in [0.05, 0.1) is 0 Å². The minimum absolute atomic E-state index is 0.284. The minimum atomic E-state index is -1.03. The number of rotatable bonds is 6. The normalized spacial score (nSPS) is 21.2. The van der Waals surface area contributed by atoms with Gasteiger partial charge in [0.25, 0.3) is 29.5 Å². The van der Waals surface area contributed by atoms with Crippen LogP contribution in [0.1, 0.15) is 101 Å². The van der Waals surface area contributed by atoms with E-state index in [4.69, 9.17) is 5.11 Å². The summed E-state index contributed by atoms with van der Waals surface area (Å²) in [5, 5.41) is 8.91. The van der Waals surface area contributed by atoms with Gasteiger partial charge < -0.3 is 19.8 Å². The molecule has 15 heteroatoms.